The predicted molar refractivity (Wildman–Crippen MR) is 74.6 cm³/mol. The minimum atomic E-state index is -0.493. The van der Waals surface area contributed by atoms with Crippen molar-refractivity contribution in [2.75, 3.05) is 0 Å². The number of carbonyl (C=O) groups excluding carboxylic acids is 1. The molecule has 0 aliphatic heterocycles. The first-order valence-corrected chi connectivity index (χ1v) is 6.02. The molecule has 2 aromatic rings. The molecule has 0 bridgehead atoms. The van der Waals surface area contributed by atoms with E-state index in [-0.39, 0.29) is 11.3 Å². The van der Waals surface area contributed by atoms with Crippen molar-refractivity contribution < 1.29 is 14.3 Å². The third kappa shape index (κ3) is 3.33. The zero-order valence-corrected chi connectivity index (χ0v) is 10.9. The van der Waals surface area contributed by atoms with Crippen LogP contribution in [0, 0.1) is 5.82 Å². The van der Waals surface area contributed by atoms with E-state index in [4.69, 9.17) is 11.6 Å². The van der Waals surface area contributed by atoms with E-state index in [9.17, 15) is 14.3 Å². The number of nitrogens with one attached hydrogen (secondary N) is 1. The number of hydrogen-bond acceptors (Lipinski definition) is 3. The molecule has 0 fully saturated rings. The Morgan fingerprint density at radius 3 is 2.60 bits per heavy atom. The second-order valence-corrected chi connectivity index (χ2v) is 4.29. The minimum absolute atomic E-state index is 0.0442. The molecule has 4 nitrogen and oxygen atoms in total. The van der Waals surface area contributed by atoms with Crippen LogP contribution in [0.2, 0.25) is 5.02 Å². The first-order chi connectivity index (χ1) is 9.58. The van der Waals surface area contributed by atoms with Gasteiger partial charge < -0.3 is 5.11 Å². The first-order valence-electron chi connectivity index (χ1n) is 5.64. The average Bonchev–Trinajstić information content (AvgIpc) is 2.42. The number of rotatable bonds is 3. The monoisotopic (exact) mass is 292 g/mol. The molecule has 0 saturated heterocycles. The second kappa shape index (κ2) is 6.16. The summed E-state index contributed by atoms with van der Waals surface area (Å²) in [6, 6.07) is 9.67. The smallest absolute Gasteiger partial charge is 0.271 e. The summed E-state index contributed by atoms with van der Waals surface area (Å²) in [4.78, 5) is 11.7. The standard InChI is InChI=1S/C14H10ClFN2O2/c15-12-2-1-3-13(19)11(12)8-17-18-14(20)9-4-6-10(16)7-5-9/h1-8,19H,(H,18,20). The maximum atomic E-state index is 12.7. The third-order valence-corrected chi connectivity index (χ3v) is 2.83. The number of halogens is 2. The maximum absolute atomic E-state index is 12.7. The van der Waals surface area contributed by atoms with E-state index in [0.29, 0.717) is 10.6 Å². The molecule has 2 N–H and O–H groups in total. The average molecular weight is 293 g/mol. The van der Waals surface area contributed by atoms with Crippen LogP contribution in [-0.2, 0) is 0 Å². The lowest BCUT2D eigenvalue weighted by molar-refractivity contribution is 0.0955. The topological polar surface area (TPSA) is 61.7 Å². The fourth-order valence-corrected chi connectivity index (χ4v) is 1.69. The molecule has 102 valence electrons. The van der Waals surface area contributed by atoms with Gasteiger partial charge >= 0.3 is 0 Å². The normalized spacial score (nSPS) is 10.7. The van der Waals surface area contributed by atoms with Crippen LogP contribution in [0.4, 0.5) is 4.39 Å². The molecule has 2 rings (SSSR count). The van der Waals surface area contributed by atoms with Crippen molar-refractivity contribution >= 4 is 23.7 Å². The molecule has 0 aliphatic carbocycles. The number of hydrogen-bond donors (Lipinski definition) is 2. The Bertz CT molecular complexity index is 636. The summed E-state index contributed by atoms with van der Waals surface area (Å²) in [5, 5.41) is 13.6. The molecule has 0 unspecified atom stereocenters. The van der Waals surface area contributed by atoms with Gasteiger partial charge in [0.15, 0.2) is 0 Å². The SMILES string of the molecule is O=C(NN=Cc1c(O)cccc1Cl)c1ccc(F)cc1. The van der Waals surface area contributed by atoms with Crippen molar-refractivity contribution in [1.82, 2.24) is 5.43 Å². The predicted octanol–water partition coefficient (Wildman–Crippen LogP) is 2.95. The summed E-state index contributed by atoms with van der Waals surface area (Å²) in [5.41, 5.74) is 2.83. The van der Waals surface area contributed by atoms with Gasteiger partial charge in [0, 0.05) is 5.56 Å². The van der Waals surface area contributed by atoms with Crippen LogP contribution in [0.25, 0.3) is 0 Å². The van der Waals surface area contributed by atoms with Crippen LogP contribution in [0.1, 0.15) is 15.9 Å². The van der Waals surface area contributed by atoms with Gasteiger partial charge in [0.25, 0.3) is 5.91 Å². The van der Waals surface area contributed by atoms with Crippen molar-refractivity contribution in [3.05, 3.63) is 64.4 Å². The highest BCUT2D eigenvalue weighted by molar-refractivity contribution is 6.33. The van der Waals surface area contributed by atoms with Crippen LogP contribution >= 0.6 is 11.6 Å². The fraction of sp³-hybridized carbons (Fsp3) is 0. The minimum Gasteiger partial charge on any atom is -0.507 e. The fourth-order valence-electron chi connectivity index (χ4n) is 1.47. The zero-order chi connectivity index (χ0) is 14.5. The summed E-state index contributed by atoms with van der Waals surface area (Å²) in [6.45, 7) is 0. The quantitative estimate of drug-likeness (QED) is 0.675. The lowest BCUT2D eigenvalue weighted by Gasteiger charge is -2.02. The summed E-state index contributed by atoms with van der Waals surface area (Å²) in [6.07, 6.45) is 1.24. The Labute approximate surface area is 119 Å². The first kappa shape index (κ1) is 14.0. The molecule has 2 aromatic carbocycles. The van der Waals surface area contributed by atoms with Gasteiger partial charge in [-0.2, -0.15) is 5.10 Å². The molecule has 6 heteroatoms. The van der Waals surface area contributed by atoms with Crippen molar-refractivity contribution in [2.45, 2.75) is 0 Å². The van der Waals surface area contributed by atoms with E-state index >= 15 is 0 Å². The van der Waals surface area contributed by atoms with Crippen molar-refractivity contribution in [2.24, 2.45) is 5.10 Å². The van der Waals surface area contributed by atoms with Crippen LogP contribution in [0.3, 0.4) is 0 Å². The van der Waals surface area contributed by atoms with Gasteiger partial charge in [-0.25, -0.2) is 9.82 Å². The van der Waals surface area contributed by atoms with Crippen molar-refractivity contribution in [3.63, 3.8) is 0 Å². The summed E-state index contributed by atoms with van der Waals surface area (Å²) >= 11 is 5.87. The Morgan fingerprint density at radius 1 is 1.25 bits per heavy atom. The number of hydrazone groups is 1. The summed E-state index contributed by atoms with van der Waals surface area (Å²) < 4.78 is 12.7. The maximum Gasteiger partial charge on any atom is 0.271 e. The third-order valence-electron chi connectivity index (χ3n) is 2.50. The van der Waals surface area contributed by atoms with Crippen LogP contribution in [0.15, 0.2) is 47.6 Å². The molecule has 0 radical (unpaired) electrons. The largest absolute Gasteiger partial charge is 0.507 e. The van der Waals surface area contributed by atoms with Gasteiger partial charge in [-0.1, -0.05) is 17.7 Å². The number of benzene rings is 2. The Hall–Kier alpha value is -2.40. The van der Waals surface area contributed by atoms with Crippen LogP contribution < -0.4 is 5.43 Å². The Morgan fingerprint density at radius 2 is 1.95 bits per heavy atom. The molecule has 0 spiro atoms. The Kier molecular flexibility index (Phi) is 4.32. The van der Waals surface area contributed by atoms with Crippen LogP contribution in [-0.4, -0.2) is 17.2 Å². The van der Waals surface area contributed by atoms with Gasteiger partial charge in [0.2, 0.25) is 0 Å². The molecule has 0 atom stereocenters. The van der Waals surface area contributed by atoms with Gasteiger partial charge in [-0.3, -0.25) is 4.79 Å². The second-order valence-electron chi connectivity index (χ2n) is 3.88. The lowest BCUT2D eigenvalue weighted by Crippen LogP contribution is -2.17. The van der Waals surface area contributed by atoms with E-state index in [2.05, 4.69) is 10.5 Å². The molecular weight excluding hydrogens is 283 g/mol. The van der Waals surface area contributed by atoms with Gasteiger partial charge in [0.1, 0.15) is 11.6 Å². The van der Waals surface area contributed by atoms with Gasteiger partial charge in [-0.15, -0.1) is 0 Å². The highest BCUT2D eigenvalue weighted by atomic mass is 35.5. The summed E-state index contributed by atoms with van der Waals surface area (Å²) in [7, 11) is 0. The number of phenols is 1. The molecule has 0 heterocycles. The van der Waals surface area contributed by atoms with Gasteiger partial charge in [-0.05, 0) is 36.4 Å². The van der Waals surface area contributed by atoms with E-state index in [0.717, 1.165) is 0 Å². The van der Waals surface area contributed by atoms with E-state index < -0.39 is 11.7 Å². The number of carbonyl (C=O) groups is 1. The van der Waals surface area contributed by atoms with Crippen molar-refractivity contribution in [1.29, 1.82) is 0 Å². The molecular formula is C14H10ClFN2O2. The van der Waals surface area contributed by atoms with Crippen LogP contribution in [0.5, 0.6) is 5.75 Å². The molecule has 1 amide bonds. The number of phenolic OH excluding ortho intramolecular Hbond substituents is 1. The molecule has 0 saturated carbocycles. The number of aromatic hydroxyl groups is 1. The zero-order valence-electron chi connectivity index (χ0n) is 10.2. The van der Waals surface area contributed by atoms with E-state index in [1.807, 2.05) is 0 Å². The number of amides is 1. The van der Waals surface area contributed by atoms with Crippen molar-refractivity contribution in [3.8, 4) is 5.75 Å². The number of nitrogens with zero attached hydrogens (tertiary/aromatic N) is 1. The van der Waals surface area contributed by atoms with E-state index in [1.165, 1.54) is 36.5 Å². The highest BCUT2D eigenvalue weighted by Gasteiger charge is 2.05. The highest BCUT2D eigenvalue weighted by Crippen LogP contribution is 2.22. The molecule has 0 aliphatic rings. The summed E-state index contributed by atoms with van der Waals surface area (Å²) in [5.74, 6) is -0.962. The molecule has 0 aromatic heterocycles. The lowest BCUT2D eigenvalue weighted by atomic mass is 10.2. The Balaban J connectivity index is 2.06. The van der Waals surface area contributed by atoms with Gasteiger partial charge in [0.05, 0.1) is 16.8 Å². The van der Waals surface area contributed by atoms with E-state index in [1.54, 1.807) is 12.1 Å². The molecule has 20 heavy (non-hydrogen) atoms.